The average Bonchev–Trinajstić information content (AvgIpc) is 3.76. The molecule has 45 heavy (non-hydrogen) atoms. The van der Waals surface area contributed by atoms with Gasteiger partial charge in [-0.1, -0.05) is 60.7 Å². The number of hydrogen-bond acceptors (Lipinski definition) is 8. The van der Waals surface area contributed by atoms with Crippen molar-refractivity contribution in [3.8, 4) is 5.69 Å². The largest absolute Gasteiger partial charge is 0.465 e. The number of fused-ring (bicyclic) bond motifs is 1. The van der Waals surface area contributed by atoms with Crippen LogP contribution in [0.15, 0.2) is 85.3 Å². The van der Waals surface area contributed by atoms with Crippen molar-refractivity contribution in [2.75, 3.05) is 32.3 Å². The van der Waals surface area contributed by atoms with E-state index in [2.05, 4.69) is 39.9 Å². The van der Waals surface area contributed by atoms with Gasteiger partial charge in [-0.2, -0.15) is 11.8 Å². The molecule has 0 saturated carbocycles. The van der Waals surface area contributed by atoms with E-state index in [-0.39, 0.29) is 37.6 Å². The first kappa shape index (κ1) is 32.4. The van der Waals surface area contributed by atoms with Crippen LogP contribution < -0.4 is 10.6 Å². The Balaban J connectivity index is 1.34. The monoisotopic (exact) mass is 628 g/mol. The molecular weight excluding hydrogens is 588 g/mol. The standard InChI is InChI=1S/C35H40N4O5S/c1-43-33(42)35(18-20-45-2,38-32(41)16-13-26-9-4-3-5-10-26)44-24-34(17-8-19-37-34)31(40)22-30-23-36-25-39(30)29-15-14-27-11-6-7-12-28(27)21-29/h3-7,9-12,14-15,21,23,25,37H,8,13,16-20,22,24H2,1-2H3,(H,38,41)/t34-,35+/m0/s1. The normalized spacial score (nSPS) is 17.6. The highest BCUT2D eigenvalue weighted by Gasteiger charge is 2.48. The highest BCUT2D eigenvalue weighted by molar-refractivity contribution is 7.98. The molecule has 0 spiro atoms. The van der Waals surface area contributed by atoms with Gasteiger partial charge in [0, 0.05) is 30.4 Å². The second-order valence-corrected chi connectivity index (χ2v) is 12.4. The van der Waals surface area contributed by atoms with Crippen LogP contribution in [0.1, 0.15) is 36.9 Å². The number of nitrogens with zero attached hydrogens (tertiary/aromatic N) is 2. The summed E-state index contributed by atoms with van der Waals surface area (Å²) in [7, 11) is 1.28. The summed E-state index contributed by atoms with van der Waals surface area (Å²) in [5.74, 6) is -0.557. The average molecular weight is 629 g/mol. The number of esters is 1. The number of Topliss-reactive ketones (excluding diaryl/α,β-unsaturated/α-hetero) is 1. The number of imidazole rings is 1. The van der Waals surface area contributed by atoms with Crippen molar-refractivity contribution in [3.63, 3.8) is 0 Å². The number of rotatable bonds is 15. The predicted molar refractivity (Wildman–Crippen MR) is 176 cm³/mol. The summed E-state index contributed by atoms with van der Waals surface area (Å²) in [5, 5.41) is 8.46. The summed E-state index contributed by atoms with van der Waals surface area (Å²) in [4.78, 5) is 44.9. The molecule has 2 N–H and O–H groups in total. The zero-order chi connectivity index (χ0) is 31.7. The molecule has 2 atom stereocenters. The number of methoxy groups -OCH3 is 1. The summed E-state index contributed by atoms with van der Waals surface area (Å²) in [5.41, 5.74) is -0.0798. The third kappa shape index (κ3) is 7.64. The number of ether oxygens (including phenoxy) is 2. The minimum absolute atomic E-state index is 0.0680. The van der Waals surface area contributed by atoms with E-state index in [1.54, 1.807) is 12.5 Å². The smallest absolute Gasteiger partial charge is 0.359 e. The lowest BCUT2D eigenvalue weighted by Gasteiger charge is -2.36. The van der Waals surface area contributed by atoms with Crippen molar-refractivity contribution < 1.29 is 23.9 Å². The lowest BCUT2D eigenvalue weighted by molar-refractivity contribution is -0.182. The fraction of sp³-hybridized carbons (Fsp3) is 0.371. The summed E-state index contributed by atoms with van der Waals surface area (Å²) in [6.07, 6.45) is 7.65. The third-order valence-electron chi connectivity index (χ3n) is 8.41. The van der Waals surface area contributed by atoms with E-state index in [0.29, 0.717) is 25.1 Å². The van der Waals surface area contributed by atoms with Crippen molar-refractivity contribution in [1.29, 1.82) is 0 Å². The molecule has 1 fully saturated rings. The fourth-order valence-corrected chi connectivity index (χ4v) is 6.32. The van der Waals surface area contributed by atoms with E-state index < -0.39 is 17.2 Å². The Kier molecular flexibility index (Phi) is 10.7. The molecule has 0 radical (unpaired) electrons. The summed E-state index contributed by atoms with van der Waals surface area (Å²) in [6, 6.07) is 24.0. The van der Waals surface area contributed by atoms with Gasteiger partial charge in [0.25, 0.3) is 0 Å². The van der Waals surface area contributed by atoms with Crippen molar-refractivity contribution in [2.45, 2.75) is 49.8 Å². The molecule has 0 bridgehead atoms. The molecule has 9 nitrogen and oxygen atoms in total. The highest BCUT2D eigenvalue weighted by atomic mass is 32.2. The van der Waals surface area contributed by atoms with Crippen LogP contribution in [0.4, 0.5) is 0 Å². The van der Waals surface area contributed by atoms with Crippen LogP contribution in [-0.4, -0.2) is 70.7 Å². The van der Waals surface area contributed by atoms with E-state index in [1.807, 2.05) is 59.4 Å². The maximum Gasteiger partial charge on any atom is 0.359 e. The van der Waals surface area contributed by atoms with E-state index >= 15 is 0 Å². The lowest BCUT2D eigenvalue weighted by atomic mass is 9.90. The van der Waals surface area contributed by atoms with Crippen molar-refractivity contribution in [3.05, 3.63) is 96.6 Å². The number of aromatic nitrogens is 2. The molecular formula is C35H40N4O5S. The topological polar surface area (TPSA) is 112 Å². The maximum atomic E-state index is 14.1. The first-order valence-electron chi connectivity index (χ1n) is 15.2. The van der Waals surface area contributed by atoms with Gasteiger partial charge in [-0.25, -0.2) is 9.78 Å². The minimum Gasteiger partial charge on any atom is -0.465 e. The van der Waals surface area contributed by atoms with Crippen LogP contribution in [0.5, 0.6) is 0 Å². The number of hydrogen-bond donors (Lipinski definition) is 2. The molecule has 1 aliphatic rings. The van der Waals surface area contributed by atoms with Crippen LogP contribution in [0.3, 0.4) is 0 Å². The molecule has 0 unspecified atom stereocenters. The van der Waals surface area contributed by atoms with Gasteiger partial charge in [0.1, 0.15) is 5.54 Å². The van der Waals surface area contributed by atoms with Gasteiger partial charge in [-0.3, -0.25) is 9.59 Å². The SMILES string of the molecule is COC(=O)[C@](CCSC)(NC(=O)CCc1ccccc1)OC[C@]1(C(=O)Cc2cncn2-c2ccc3ccccc3c2)CCCN1. The molecule has 1 saturated heterocycles. The predicted octanol–water partition coefficient (Wildman–Crippen LogP) is 4.65. The Morgan fingerprint density at radius 3 is 2.58 bits per heavy atom. The summed E-state index contributed by atoms with van der Waals surface area (Å²) >= 11 is 1.53. The van der Waals surface area contributed by atoms with E-state index in [9.17, 15) is 14.4 Å². The molecule has 0 aliphatic carbocycles. The zero-order valence-corrected chi connectivity index (χ0v) is 26.6. The van der Waals surface area contributed by atoms with E-state index in [0.717, 1.165) is 34.1 Å². The number of aryl methyl sites for hydroxylation is 1. The molecule has 236 valence electrons. The van der Waals surface area contributed by atoms with Crippen molar-refractivity contribution in [1.82, 2.24) is 20.2 Å². The Morgan fingerprint density at radius 2 is 1.84 bits per heavy atom. The first-order valence-corrected chi connectivity index (χ1v) is 16.6. The molecule has 1 aromatic heterocycles. The lowest BCUT2D eigenvalue weighted by Crippen LogP contribution is -2.61. The fourth-order valence-electron chi connectivity index (χ4n) is 5.82. The number of ketones is 1. The van der Waals surface area contributed by atoms with Crippen molar-refractivity contribution >= 4 is 40.2 Å². The van der Waals surface area contributed by atoms with E-state index in [4.69, 9.17) is 9.47 Å². The van der Waals surface area contributed by atoms with Crippen LogP contribution in [0, 0.1) is 0 Å². The van der Waals surface area contributed by atoms with Gasteiger partial charge in [0.2, 0.25) is 11.6 Å². The second-order valence-electron chi connectivity index (χ2n) is 11.4. The van der Waals surface area contributed by atoms with Gasteiger partial charge in [-0.05, 0) is 66.3 Å². The molecule has 10 heteroatoms. The number of nitrogens with one attached hydrogen (secondary N) is 2. The molecule has 3 aromatic carbocycles. The van der Waals surface area contributed by atoms with Crippen molar-refractivity contribution in [2.24, 2.45) is 0 Å². The summed E-state index contributed by atoms with van der Waals surface area (Å²) < 4.78 is 13.5. The number of carbonyl (C=O) groups is 3. The van der Waals surface area contributed by atoms with Gasteiger partial charge in [-0.15, -0.1) is 0 Å². The third-order valence-corrected chi connectivity index (χ3v) is 9.02. The van der Waals surface area contributed by atoms with Gasteiger partial charge in [0.05, 0.1) is 26.5 Å². The number of thioether (sulfide) groups is 1. The highest BCUT2D eigenvalue weighted by Crippen LogP contribution is 2.28. The van der Waals surface area contributed by atoms with Gasteiger partial charge < -0.3 is 24.7 Å². The quantitative estimate of drug-likeness (QED) is 0.145. The van der Waals surface area contributed by atoms with E-state index in [1.165, 1.54) is 18.9 Å². The first-order chi connectivity index (χ1) is 21.9. The Hall–Kier alpha value is -3.99. The molecule has 2 heterocycles. The Bertz CT molecular complexity index is 1620. The summed E-state index contributed by atoms with van der Waals surface area (Å²) in [6.45, 7) is 0.539. The zero-order valence-electron chi connectivity index (χ0n) is 25.8. The minimum atomic E-state index is -1.73. The number of carbonyl (C=O) groups excluding carboxylic acids is 3. The molecule has 1 aliphatic heterocycles. The maximum absolute atomic E-state index is 14.1. The second kappa shape index (κ2) is 14.9. The molecule has 4 aromatic rings. The Morgan fingerprint density at radius 1 is 1.07 bits per heavy atom. The van der Waals surface area contributed by atoms with Gasteiger partial charge >= 0.3 is 5.97 Å². The molecule has 1 amide bonds. The van der Waals surface area contributed by atoms with Gasteiger partial charge in [0.15, 0.2) is 5.78 Å². The Labute approximate surface area is 268 Å². The number of amides is 1. The van der Waals surface area contributed by atoms with Crippen LogP contribution in [-0.2, 0) is 36.7 Å². The molecule has 5 rings (SSSR count). The van der Waals surface area contributed by atoms with Crippen LogP contribution in [0.2, 0.25) is 0 Å². The number of benzene rings is 3. The van der Waals surface area contributed by atoms with Crippen LogP contribution >= 0.6 is 11.8 Å². The van der Waals surface area contributed by atoms with Crippen LogP contribution in [0.25, 0.3) is 16.5 Å².